The molecular formula is C16H25N3O4S. The molecular weight excluding hydrogens is 330 g/mol. The molecule has 1 atom stereocenters. The molecule has 134 valence electrons. The molecule has 0 bridgehead atoms. The quantitative estimate of drug-likeness (QED) is 0.841. The van der Waals surface area contributed by atoms with Gasteiger partial charge in [0.15, 0.2) is 0 Å². The Bertz CT molecular complexity index is 733. The van der Waals surface area contributed by atoms with E-state index in [0.29, 0.717) is 25.2 Å². The van der Waals surface area contributed by atoms with Crippen molar-refractivity contribution in [2.75, 3.05) is 40.8 Å². The van der Waals surface area contributed by atoms with Gasteiger partial charge in [0.2, 0.25) is 10.0 Å². The lowest BCUT2D eigenvalue weighted by molar-refractivity contribution is 0.0776. The number of ether oxygens (including phenoxy) is 1. The number of carbonyl (C=O) groups excluding carboxylic acids is 1. The van der Waals surface area contributed by atoms with Gasteiger partial charge in [-0.1, -0.05) is 6.92 Å². The van der Waals surface area contributed by atoms with Crippen LogP contribution in [-0.2, 0) is 10.0 Å². The Labute approximate surface area is 143 Å². The van der Waals surface area contributed by atoms with Gasteiger partial charge >= 0.3 is 0 Å². The Morgan fingerprint density at radius 3 is 2.58 bits per heavy atom. The van der Waals surface area contributed by atoms with Crippen LogP contribution in [0.25, 0.3) is 0 Å². The Kier molecular flexibility index (Phi) is 5.22. The number of benzene rings is 1. The number of nitrogens with zero attached hydrogens (tertiary/aromatic N) is 2. The normalized spacial score (nSPS) is 21.3. The first-order valence-corrected chi connectivity index (χ1v) is 9.18. The van der Waals surface area contributed by atoms with Crippen LogP contribution >= 0.6 is 0 Å². The summed E-state index contributed by atoms with van der Waals surface area (Å²) in [5.74, 6) is 0.0264. The van der Waals surface area contributed by atoms with Crippen molar-refractivity contribution in [2.45, 2.75) is 18.2 Å². The predicted molar refractivity (Wildman–Crippen MR) is 91.5 cm³/mol. The largest absolute Gasteiger partial charge is 0.495 e. The molecule has 0 radical (unpaired) electrons. The van der Waals surface area contributed by atoms with Crippen molar-refractivity contribution in [3.63, 3.8) is 0 Å². The van der Waals surface area contributed by atoms with Crippen LogP contribution in [0, 0.1) is 5.41 Å². The van der Waals surface area contributed by atoms with Crippen LogP contribution < -0.4 is 10.5 Å². The molecule has 1 unspecified atom stereocenters. The number of sulfonamides is 1. The summed E-state index contributed by atoms with van der Waals surface area (Å²) in [6.07, 6.45) is 0.842. The third-order valence-electron chi connectivity index (χ3n) is 4.51. The van der Waals surface area contributed by atoms with Gasteiger partial charge in [0.05, 0.1) is 7.11 Å². The molecule has 0 aliphatic carbocycles. The number of hydrogen-bond acceptors (Lipinski definition) is 5. The molecule has 1 aliphatic rings. The van der Waals surface area contributed by atoms with Gasteiger partial charge < -0.3 is 15.4 Å². The number of hydrogen-bond donors (Lipinski definition) is 1. The molecule has 1 amide bonds. The summed E-state index contributed by atoms with van der Waals surface area (Å²) in [4.78, 5) is 14.4. The standard InChI is InChI=1S/C16H25N3O4S/c1-16(10-17)7-8-19(11-16)15(20)12-5-6-13(23-4)14(9-12)24(21,22)18(2)3/h5-6,9H,7-8,10-11,17H2,1-4H3. The van der Waals surface area contributed by atoms with E-state index >= 15 is 0 Å². The van der Waals surface area contributed by atoms with E-state index < -0.39 is 10.0 Å². The fourth-order valence-electron chi connectivity index (χ4n) is 2.75. The zero-order chi connectivity index (χ0) is 18.1. The third-order valence-corrected chi connectivity index (χ3v) is 6.34. The lowest BCUT2D eigenvalue weighted by Gasteiger charge is -2.23. The lowest BCUT2D eigenvalue weighted by Crippen LogP contribution is -2.34. The van der Waals surface area contributed by atoms with Crippen molar-refractivity contribution in [1.82, 2.24) is 9.21 Å². The molecule has 1 aliphatic heterocycles. The highest BCUT2D eigenvalue weighted by atomic mass is 32.2. The molecule has 0 spiro atoms. The van der Waals surface area contributed by atoms with Gasteiger partial charge in [0.1, 0.15) is 10.6 Å². The zero-order valence-electron chi connectivity index (χ0n) is 14.6. The minimum Gasteiger partial charge on any atom is -0.495 e. The minimum absolute atomic E-state index is 0.0124. The first-order valence-electron chi connectivity index (χ1n) is 7.74. The summed E-state index contributed by atoms with van der Waals surface area (Å²) >= 11 is 0. The topological polar surface area (TPSA) is 92.9 Å². The first kappa shape index (κ1) is 18.7. The molecule has 1 aromatic carbocycles. The molecule has 0 saturated carbocycles. The molecule has 24 heavy (non-hydrogen) atoms. The summed E-state index contributed by atoms with van der Waals surface area (Å²) < 4.78 is 31.2. The van der Waals surface area contributed by atoms with Crippen LogP contribution in [0.4, 0.5) is 0 Å². The van der Waals surface area contributed by atoms with E-state index in [0.717, 1.165) is 10.7 Å². The van der Waals surface area contributed by atoms with E-state index in [-0.39, 0.29) is 22.0 Å². The average Bonchev–Trinajstić information content (AvgIpc) is 2.96. The zero-order valence-corrected chi connectivity index (χ0v) is 15.4. The number of carbonyl (C=O) groups is 1. The average molecular weight is 355 g/mol. The third kappa shape index (κ3) is 3.40. The fourth-order valence-corrected chi connectivity index (χ4v) is 3.83. The van der Waals surface area contributed by atoms with E-state index in [9.17, 15) is 13.2 Å². The van der Waals surface area contributed by atoms with E-state index in [4.69, 9.17) is 10.5 Å². The monoisotopic (exact) mass is 355 g/mol. The lowest BCUT2D eigenvalue weighted by atomic mass is 9.90. The highest BCUT2D eigenvalue weighted by molar-refractivity contribution is 7.89. The Balaban J connectivity index is 2.38. The summed E-state index contributed by atoms with van der Waals surface area (Å²) in [7, 11) is 0.574. The van der Waals surface area contributed by atoms with Crippen molar-refractivity contribution >= 4 is 15.9 Å². The first-order chi connectivity index (χ1) is 11.1. The van der Waals surface area contributed by atoms with E-state index in [1.807, 2.05) is 0 Å². The maximum Gasteiger partial charge on any atom is 0.253 e. The number of rotatable bonds is 5. The van der Waals surface area contributed by atoms with Crippen LogP contribution in [0.3, 0.4) is 0 Å². The summed E-state index contributed by atoms with van der Waals surface area (Å²) in [5.41, 5.74) is 6.03. The Hall–Kier alpha value is -1.64. The van der Waals surface area contributed by atoms with Crippen molar-refractivity contribution in [1.29, 1.82) is 0 Å². The van der Waals surface area contributed by atoms with Gasteiger partial charge in [-0.15, -0.1) is 0 Å². The highest BCUT2D eigenvalue weighted by Gasteiger charge is 2.35. The summed E-state index contributed by atoms with van der Waals surface area (Å²) in [6, 6.07) is 4.49. The second-order valence-corrected chi connectivity index (χ2v) is 8.76. The second-order valence-electron chi connectivity index (χ2n) is 6.64. The molecule has 1 heterocycles. The second kappa shape index (κ2) is 6.70. The molecule has 0 aromatic heterocycles. The smallest absolute Gasteiger partial charge is 0.253 e. The van der Waals surface area contributed by atoms with Gasteiger partial charge in [-0.25, -0.2) is 12.7 Å². The van der Waals surface area contributed by atoms with E-state index in [2.05, 4.69) is 6.92 Å². The van der Waals surface area contributed by atoms with Gasteiger partial charge in [0, 0.05) is 32.7 Å². The maximum atomic E-state index is 12.7. The molecule has 8 heteroatoms. The number of amides is 1. The van der Waals surface area contributed by atoms with Crippen LogP contribution in [0.1, 0.15) is 23.7 Å². The number of nitrogens with two attached hydrogens (primary N) is 1. The van der Waals surface area contributed by atoms with E-state index in [1.165, 1.54) is 33.3 Å². The Morgan fingerprint density at radius 1 is 1.42 bits per heavy atom. The van der Waals surface area contributed by atoms with Crippen LogP contribution in [0.5, 0.6) is 5.75 Å². The van der Waals surface area contributed by atoms with Gasteiger partial charge in [0.25, 0.3) is 5.91 Å². The minimum atomic E-state index is -3.71. The van der Waals surface area contributed by atoms with Crippen molar-refractivity contribution in [3.8, 4) is 5.75 Å². The van der Waals surface area contributed by atoms with Crippen LogP contribution in [0.2, 0.25) is 0 Å². The fraction of sp³-hybridized carbons (Fsp3) is 0.562. The van der Waals surface area contributed by atoms with Crippen molar-refractivity contribution < 1.29 is 17.9 Å². The van der Waals surface area contributed by atoms with Crippen molar-refractivity contribution in [2.24, 2.45) is 11.1 Å². The number of likely N-dealkylation sites (tertiary alicyclic amines) is 1. The molecule has 7 nitrogen and oxygen atoms in total. The summed E-state index contributed by atoms with van der Waals surface area (Å²) in [5, 5.41) is 0. The van der Waals surface area contributed by atoms with Crippen LogP contribution in [0.15, 0.2) is 23.1 Å². The highest BCUT2D eigenvalue weighted by Crippen LogP contribution is 2.31. The SMILES string of the molecule is COc1ccc(C(=O)N2CCC(C)(CN)C2)cc1S(=O)(=O)N(C)C. The molecule has 2 N–H and O–H groups in total. The number of methoxy groups -OCH3 is 1. The molecule has 1 aromatic rings. The predicted octanol–water partition coefficient (Wildman–Crippen LogP) is 0.756. The molecule has 1 fully saturated rings. The molecule has 2 rings (SSSR count). The maximum absolute atomic E-state index is 12.7. The Morgan fingerprint density at radius 2 is 2.08 bits per heavy atom. The van der Waals surface area contributed by atoms with Crippen LogP contribution in [-0.4, -0.2) is 64.4 Å². The van der Waals surface area contributed by atoms with Gasteiger partial charge in [-0.05, 0) is 36.6 Å². The van der Waals surface area contributed by atoms with E-state index in [1.54, 1.807) is 11.0 Å². The van der Waals surface area contributed by atoms with Gasteiger partial charge in [-0.3, -0.25) is 4.79 Å². The summed E-state index contributed by atoms with van der Waals surface area (Å²) in [6.45, 7) is 3.76. The van der Waals surface area contributed by atoms with Gasteiger partial charge in [-0.2, -0.15) is 0 Å². The molecule has 1 saturated heterocycles. The van der Waals surface area contributed by atoms with Crippen molar-refractivity contribution in [3.05, 3.63) is 23.8 Å².